The lowest BCUT2D eigenvalue weighted by Crippen LogP contribution is -2.53. The molecule has 0 aromatic heterocycles. The van der Waals surface area contributed by atoms with Crippen LogP contribution in [0, 0.1) is 12.8 Å². The van der Waals surface area contributed by atoms with Gasteiger partial charge in [0, 0.05) is 0 Å². The lowest BCUT2D eigenvalue weighted by atomic mass is 10.0. The van der Waals surface area contributed by atoms with E-state index in [1.54, 1.807) is 12.1 Å². The Kier molecular flexibility index (Phi) is 3.47. The SMILES string of the molecule is Cc1ccc(S(=O)(=O)N2[C@@H](O)C=CC(=O)[C@H]2C2CC2)cc1. The summed E-state index contributed by atoms with van der Waals surface area (Å²) >= 11 is 0. The van der Waals surface area contributed by atoms with Crippen molar-refractivity contribution in [1.82, 2.24) is 4.31 Å². The fraction of sp³-hybridized carbons (Fsp3) is 0.400. The Hall–Kier alpha value is -1.50. The third kappa shape index (κ3) is 2.54. The van der Waals surface area contributed by atoms with Crippen LogP contribution < -0.4 is 0 Å². The molecule has 1 heterocycles. The zero-order valence-corrected chi connectivity index (χ0v) is 12.5. The topological polar surface area (TPSA) is 74.7 Å². The van der Waals surface area contributed by atoms with Crippen molar-refractivity contribution in [2.24, 2.45) is 5.92 Å². The molecule has 6 heteroatoms. The smallest absolute Gasteiger partial charge is 0.246 e. The molecule has 1 aromatic carbocycles. The Labute approximate surface area is 123 Å². The summed E-state index contributed by atoms with van der Waals surface area (Å²) in [4.78, 5) is 12.2. The van der Waals surface area contributed by atoms with Crippen molar-refractivity contribution >= 4 is 15.8 Å². The molecule has 0 bridgehead atoms. The molecule has 1 aromatic rings. The van der Waals surface area contributed by atoms with Gasteiger partial charge in [-0.1, -0.05) is 17.7 Å². The summed E-state index contributed by atoms with van der Waals surface area (Å²) in [6.45, 7) is 1.87. The third-order valence-electron chi connectivity index (χ3n) is 3.92. The maximum Gasteiger partial charge on any atom is 0.246 e. The minimum absolute atomic E-state index is 0.0114. The van der Waals surface area contributed by atoms with Crippen molar-refractivity contribution < 1.29 is 18.3 Å². The van der Waals surface area contributed by atoms with Gasteiger partial charge in [-0.05, 0) is 50.0 Å². The Morgan fingerprint density at radius 2 is 1.81 bits per heavy atom. The first-order chi connectivity index (χ1) is 9.91. The number of nitrogens with zero attached hydrogens (tertiary/aromatic N) is 1. The Morgan fingerprint density at radius 3 is 2.38 bits per heavy atom. The van der Waals surface area contributed by atoms with Crippen molar-refractivity contribution in [2.45, 2.75) is 36.9 Å². The van der Waals surface area contributed by atoms with Crippen LogP contribution in [0.3, 0.4) is 0 Å². The second kappa shape index (κ2) is 5.05. The van der Waals surface area contributed by atoms with E-state index >= 15 is 0 Å². The van der Waals surface area contributed by atoms with Gasteiger partial charge in [0.1, 0.15) is 6.23 Å². The van der Waals surface area contributed by atoms with E-state index in [4.69, 9.17) is 0 Å². The van der Waals surface area contributed by atoms with Gasteiger partial charge in [0.05, 0.1) is 10.9 Å². The average molecular weight is 307 g/mol. The highest BCUT2D eigenvalue weighted by Gasteiger charge is 2.48. The monoisotopic (exact) mass is 307 g/mol. The maximum absolute atomic E-state index is 12.8. The minimum Gasteiger partial charge on any atom is -0.374 e. The van der Waals surface area contributed by atoms with Crippen LogP contribution >= 0.6 is 0 Å². The molecular formula is C15H17NO4S. The van der Waals surface area contributed by atoms with Crippen LogP contribution in [0.1, 0.15) is 18.4 Å². The standard InChI is InChI=1S/C15H17NO4S/c1-10-2-6-12(7-3-10)21(19,20)16-14(18)9-8-13(17)15(16)11-4-5-11/h2-3,6-9,11,14-15,18H,4-5H2,1H3/t14-,15+/m0/s1. The fourth-order valence-electron chi connectivity index (χ4n) is 2.63. The van der Waals surface area contributed by atoms with Crippen LogP contribution in [0.2, 0.25) is 0 Å². The molecule has 1 fully saturated rings. The molecule has 0 unspecified atom stereocenters. The summed E-state index contributed by atoms with van der Waals surface area (Å²) in [5.74, 6) is -0.240. The van der Waals surface area contributed by atoms with Crippen molar-refractivity contribution in [2.75, 3.05) is 0 Å². The van der Waals surface area contributed by atoms with E-state index in [1.807, 2.05) is 6.92 Å². The molecule has 2 atom stereocenters. The van der Waals surface area contributed by atoms with Gasteiger partial charge in [-0.25, -0.2) is 8.42 Å². The molecule has 1 N–H and O–H groups in total. The normalized spacial score (nSPS) is 27.0. The largest absolute Gasteiger partial charge is 0.374 e. The lowest BCUT2D eigenvalue weighted by molar-refractivity contribution is -0.122. The van der Waals surface area contributed by atoms with Gasteiger partial charge in [-0.15, -0.1) is 0 Å². The van der Waals surface area contributed by atoms with Gasteiger partial charge >= 0.3 is 0 Å². The highest BCUT2D eigenvalue weighted by molar-refractivity contribution is 7.89. The molecule has 0 amide bonds. The molecule has 3 rings (SSSR count). The number of hydrogen-bond acceptors (Lipinski definition) is 4. The first-order valence-corrected chi connectivity index (χ1v) is 8.35. The van der Waals surface area contributed by atoms with Crippen LogP contribution in [0.25, 0.3) is 0 Å². The predicted molar refractivity (Wildman–Crippen MR) is 76.9 cm³/mol. The van der Waals surface area contributed by atoms with Crippen molar-refractivity contribution in [3.63, 3.8) is 0 Å². The quantitative estimate of drug-likeness (QED) is 0.911. The minimum atomic E-state index is -3.90. The number of rotatable bonds is 3. The highest BCUT2D eigenvalue weighted by atomic mass is 32.2. The Balaban J connectivity index is 2.04. The molecule has 0 saturated heterocycles. The number of carbonyl (C=O) groups excluding carboxylic acids is 1. The first kappa shape index (κ1) is 14.4. The second-order valence-electron chi connectivity index (χ2n) is 5.61. The van der Waals surface area contributed by atoms with E-state index in [0.717, 1.165) is 22.7 Å². The number of benzene rings is 1. The van der Waals surface area contributed by atoms with E-state index in [0.29, 0.717) is 0 Å². The average Bonchev–Trinajstić information content (AvgIpc) is 3.25. The number of sulfonamides is 1. The van der Waals surface area contributed by atoms with Crippen LogP contribution in [-0.2, 0) is 14.8 Å². The Bertz CT molecular complexity index is 689. The summed E-state index contributed by atoms with van der Waals surface area (Å²) in [6.07, 6.45) is 2.86. The molecule has 112 valence electrons. The summed E-state index contributed by atoms with van der Waals surface area (Å²) in [5, 5.41) is 10.1. The number of aryl methyl sites for hydroxylation is 1. The van der Waals surface area contributed by atoms with E-state index < -0.39 is 22.3 Å². The predicted octanol–water partition coefficient (Wildman–Crippen LogP) is 1.22. The van der Waals surface area contributed by atoms with E-state index in [-0.39, 0.29) is 16.6 Å². The molecule has 0 radical (unpaired) electrons. The number of hydrogen-bond donors (Lipinski definition) is 1. The lowest BCUT2D eigenvalue weighted by Gasteiger charge is -2.34. The van der Waals surface area contributed by atoms with Crippen LogP contribution in [-0.4, -0.2) is 35.9 Å². The van der Waals surface area contributed by atoms with Crippen molar-refractivity contribution in [1.29, 1.82) is 0 Å². The van der Waals surface area contributed by atoms with Crippen molar-refractivity contribution in [3.05, 3.63) is 42.0 Å². The first-order valence-electron chi connectivity index (χ1n) is 6.91. The summed E-state index contributed by atoms with van der Waals surface area (Å²) < 4.78 is 26.5. The van der Waals surface area contributed by atoms with Gasteiger partial charge in [-0.3, -0.25) is 4.79 Å². The molecule has 0 spiro atoms. The van der Waals surface area contributed by atoms with Crippen LogP contribution in [0.15, 0.2) is 41.3 Å². The number of aliphatic hydroxyl groups excluding tert-OH is 1. The summed E-state index contributed by atoms with van der Waals surface area (Å²) in [6, 6.07) is 5.63. The molecule has 2 aliphatic rings. The zero-order valence-electron chi connectivity index (χ0n) is 11.6. The number of aliphatic hydroxyl groups is 1. The molecular weight excluding hydrogens is 290 g/mol. The van der Waals surface area contributed by atoms with E-state index in [2.05, 4.69) is 0 Å². The maximum atomic E-state index is 12.8. The van der Waals surface area contributed by atoms with Gasteiger partial charge < -0.3 is 5.11 Å². The summed E-state index contributed by atoms with van der Waals surface area (Å²) in [7, 11) is -3.90. The molecule has 1 saturated carbocycles. The summed E-state index contributed by atoms with van der Waals surface area (Å²) in [5.41, 5.74) is 0.947. The second-order valence-corrected chi connectivity index (χ2v) is 7.45. The van der Waals surface area contributed by atoms with E-state index in [1.165, 1.54) is 24.3 Å². The van der Waals surface area contributed by atoms with Gasteiger partial charge in [-0.2, -0.15) is 4.31 Å². The third-order valence-corrected chi connectivity index (χ3v) is 5.79. The Morgan fingerprint density at radius 1 is 1.19 bits per heavy atom. The zero-order chi connectivity index (χ0) is 15.2. The molecule has 1 aliphatic carbocycles. The molecule has 5 nitrogen and oxygen atoms in total. The molecule has 21 heavy (non-hydrogen) atoms. The number of ketones is 1. The van der Waals surface area contributed by atoms with Gasteiger partial charge in [0.15, 0.2) is 5.78 Å². The van der Waals surface area contributed by atoms with Gasteiger partial charge in [0.25, 0.3) is 0 Å². The van der Waals surface area contributed by atoms with Gasteiger partial charge in [0.2, 0.25) is 10.0 Å². The van der Waals surface area contributed by atoms with Crippen LogP contribution in [0.4, 0.5) is 0 Å². The highest BCUT2D eigenvalue weighted by Crippen LogP contribution is 2.40. The van der Waals surface area contributed by atoms with Crippen LogP contribution in [0.5, 0.6) is 0 Å². The molecule has 1 aliphatic heterocycles. The van der Waals surface area contributed by atoms with Crippen molar-refractivity contribution in [3.8, 4) is 0 Å². The van der Waals surface area contributed by atoms with E-state index in [9.17, 15) is 18.3 Å². The number of carbonyl (C=O) groups is 1. The fourth-order valence-corrected chi connectivity index (χ4v) is 4.28.